The second-order valence-corrected chi connectivity index (χ2v) is 8.04. The monoisotopic (exact) mass is 424 g/mol. The van der Waals surface area contributed by atoms with Gasteiger partial charge in [0.2, 0.25) is 0 Å². The van der Waals surface area contributed by atoms with E-state index in [4.69, 9.17) is 4.74 Å². The van der Waals surface area contributed by atoms with Crippen molar-refractivity contribution in [3.05, 3.63) is 64.6 Å². The number of nitrogens with one attached hydrogen (secondary N) is 1. The highest BCUT2D eigenvalue weighted by Crippen LogP contribution is 2.35. The van der Waals surface area contributed by atoms with Gasteiger partial charge in [0.25, 0.3) is 17.1 Å². The van der Waals surface area contributed by atoms with Crippen LogP contribution in [0.15, 0.2) is 53.4 Å². The van der Waals surface area contributed by atoms with E-state index < -0.39 is 0 Å². The van der Waals surface area contributed by atoms with E-state index in [9.17, 15) is 14.4 Å². The number of carbonyl (C=O) groups excluding carboxylic acids is 3. The molecule has 156 valence electrons. The van der Waals surface area contributed by atoms with Crippen LogP contribution in [0.25, 0.3) is 6.08 Å². The van der Waals surface area contributed by atoms with E-state index in [0.29, 0.717) is 28.3 Å². The standard InChI is InChI=1S/C23H24N2O4S/c1-4-16(3)25-22(27)20(30-23(25)28)13-17-7-5-6-8-19(17)29-14-21(26)24-18-11-9-15(2)10-12-18/h5-13,16H,4,14H2,1-3H3,(H,24,26)/b20-13+/t16-/m1/s1. The van der Waals surface area contributed by atoms with Gasteiger partial charge in [0, 0.05) is 17.3 Å². The van der Waals surface area contributed by atoms with Crippen molar-refractivity contribution in [3.8, 4) is 5.75 Å². The van der Waals surface area contributed by atoms with Crippen LogP contribution in [0.3, 0.4) is 0 Å². The summed E-state index contributed by atoms with van der Waals surface area (Å²) in [7, 11) is 0. The lowest BCUT2D eigenvalue weighted by atomic mass is 10.1. The van der Waals surface area contributed by atoms with Crippen LogP contribution in [-0.4, -0.2) is 34.6 Å². The van der Waals surface area contributed by atoms with Crippen LogP contribution in [0.4, 0.5) is 10.5 Å². The molecule has 1 saturated heterocycles. The van der Waals surface area contributed by atoms with Gasteiger partial charge in [-0.05, 0) is 56.3 Å². The van der Waals surface area contributed by atoms with Crippen molar-refractivity contribution in [1.29, 1.82) is 0 Å². The number of carbonyl (C=O) groups is 3. The molecule has 0 unspecified atom stereocenters. The fourth-order valence-electron chi connectivity index (χ4n) is 2.89. The largest absolute Gasteiger partial charge is 0.483 e. The Bertz CT molecular complexity index is 985. The number of benzene rings is 2. The van der Waals surface area contributed by atoms with Crippen LogP contribution < -0.4 is 10.1 Å². The first-order valence-corrected chi connectivity index (χ1v) is 10.6. The van der Waals surface area contributed by atoms with Gasteiger partial charge in [-0.25, -0.2) is 0 Å². The summed E-state index contributed by atoms with van der Waals surface area (Å²) in [6.07, 6.45) is 2.33. The molecule has 1 N–H and O–H groups in total. The maximum Gasteiger partial charge on any atom is 0.293 e. The van der Waals surface area contributed by atoms with Gasteiger partial charge in [0.05, 0.1) is 4.91 Å². The summed E-state index contributed by atoms with van der Waals surface area (Å²) in [4.78, 5) is 38.7. The van der Waals surface area contributed by atoms with E-state index in [1.165, 1.54) is 4.90 Å². The summed E-state index contributed by atoms with van der Waals surface area (Å²) in [5.41, 5.74) is 2.44. The first-order chi connectivity index (χ1) is 14.4. The second kappa shape index (κ2) is 9.63. The third-order valence-corrected chi connectivity index (χ3v) is 5.64. The van der Waals surface area contributed by atoms with Gasteiger partial charge in [-0.15, -0.1) is 0 Å². The third-order valence-electron chi connectivity index (χ3n) is 4.75. The number of aryl methyl sites for hydroxylation is 1. The molecule has 3 rings (SSSR count). The van der Waals surface area contributed by atoms with Gasteiger partial charge in [0.15, 0.2) is 6.61 Å². The molecule has 3 amide bonds. The molecule has 7 heteroatoms. The molecule has 0 aromatic heterocycles. The molecule has 2 aromatic carbocycles. The van der Waals surface area contributed by atoms with E-state index in [1.54, 1.807) is 24.3 Å². The molecule has 6 nitrogen and oxygen atoms in total. The van der Waals surface area contributed by atoms with Crippen molar-refractivity contribution in [1.82, 2.24) is 4.90 Å². The topological polar surface area (TPSA) is 75.7 Å². The van der Waals surface area contributed by atoms with Gasteiger partial charge in [-0.1, -0.05) is 42.8 Å². The number of ether oxygens (including phenoxy) is 1. The normalized spacial score (nSPS) is 16.1. The third kappa shape index (κ3) is 5.10. The highest BCUT2D eigenvalue weighted by atomic mass is 32.2. The number of anilines is 1. The quantitative estimate of drug-likeness (QED) is 0.643. The molecule has 0 radical (unpaired) electrons. The minimum Gasteiger partial charge on any atom is -0.483 e. The maximum absolute atomic E-state index is 12.6. The van der Waals surface area contributed by atoms with Crippen molar-refractivity contribution in [3.63, 3.8) is 0 Å². The Morgan fingerprint density at radius 3 is 2.57 bits per heavy atom. The van der Waals surface area contributed by atoms with Crippen LogP contribution in [0.5, 0.6) is 5.75 Å². The zero-order valence-electron chi connectivity index (χ0n) is 17.2. The van der Waals surface area contributed by atoms with Crippen LogP contribution in [0.2, 0.25) is 0 Å². The number of rotatable bonds is 7. The first-order valence-electron chi connectivity index (χ1n) is 9.74. The van der Waals surface area contributed by atoms with Crippen molar-refractivity contribution in [2.45, 2.75) is 33.2 Å². The molecule has 1 fully saturated rings. The summed E-state index contributed by atoms with van der Waals surface area (Å²) in [5, 5.41) is 2.51. The lowest BCUT2D eigenvalue weighted by molar-refractivity contribution is -0.124. The molecule has 0 spiro atoms. The molecular formula is C23H24N2O4S. The van der Waals surface area contributed by atoms with Gasteiger partial charge in [-0.3, -0.25) is 19.3 Å². The highest BCUT2D eigenvalue weighted by Gasteiger charge is 2.37. The fourth-order valence-corrected chi connectivity index (χ4v) is 3.81. The lowest BCUT2D eigenvalue weighted by Gasteiger charge is -2.19. The fraction of sp³-hybridized carbons (Fsp3) is 0.261. The summed E-state index contributed by atoms with van der Waals surface area (Å²) < 4.78 is 5.69. The second-order valence-electron chi connectivity index (χ2n) is 7.05. The SMILES string of the molecule is CC[C@@H](C)N1C(=O)S/C(=C/c2ccccc2OCC(=O)Nc2ccc(C)cc2)C1=O. The molecule has 0 aliphatic carbocycles. The predicted octanol–water partition coefficient (Wildman–Crippen LogP) is 4.85. The number of nitrogens with zero attached hydrogens (tertiary/aromatic N) is 1. The molecule has 1 atom stereocenters. The minimum absolute atomic E-state index is 0.152. The van der Waals surface area contributed by atoms with Gasteiger partial charge < -0.3 is 10.1 Å². The Morgan fingerprint density at radius 1 is 1.17 bits per heavy atom. The average Bonchev–Trinajstić information content (AvgIpc) is 3.01. The minimum atomic E-state index is -0.300. The molecular weight excluding hydrogens is 400 g/mol. The zero-order valence-corrected chi connectivity index (χ0v) is 18.0. The highest BCUT2D eigenvalue weighted by molar-refractivity contribution is 8.18. The van der Waals surface area contributed by atoms with Crippen molar-refractivity contribution in [2.24, 2.45) is 0 Å². The summed E-state index contributed by atoms with van der Waals surface area (Å²) in [6, 6.07) is 14.4. The van der Waals surface area contributed by atoms with Crippen molar-refractivity contribution < 1.29 is 19.1 Å². The molecule has 0 bridgehead atoms. The maximum atomic E-state index is 12.6. The van der Waals surface area contributed by atoms with Gasteiger partial charge in [0.1, 0.15) is 5.75 Å². The number of amides is 3. The number of hydrogen-bond donors (Lipinski definition) is 1. The number of hydrogen-bond acceptors (Lipinski definition) is 5. The number of imide groups is 1. The van der Waals surface area contributed by atoms with E-state index in [1.807, 2.05) is 51.1 Å². The molecule has 2 aromatic rings. The zero-order chi connectivity index (χ0) is 21.7. The van der Waals surface area contributed by atoms with E-state index in [2.05, 4.69) is 5.32 Å². The molecule has 0 saturated carbocycles. The van der Waals surface area contributed by atoms with Gasteiger partial charge >= 0.3 is 0 Å². The van der Waals surface area contributed by atoms with Crippen LogP contribution in [0.1, 0.15) is 31.4 Å². The first kappa shape index (κ1) is 21.6. The molecule has 1 aliphatic heterocycles. The van der Waals surface area contributed by atoms with Crippen molar-refractivity contribution >= 4 is 40.6 Å². The predicted molar refractivity (Wildman–Crippen MR) is 119 cm³/mol. The van der Waals surface area contributed by atoms with E-state index in [-0.39, 0.29) is 29.7 Å². The van der Waals surface area contributed by atoms with Crippen molar-refractivity contribution in [2.75, 3.05) is 11.9 Å². The van der Waals surface area contributed by atoms with E-state index in [0.717, 1.165) is 17.3 Å². The number of para-hydroxylation sites is 1. The average molecular weight is 425 g/mol. The Labute approximate surface area is 180 Å². The smallest absolute Gasteiger partial charge is 0.293 e. The summed E-state index contributed by atoms with van der Waals surface area (Å²) >= 11 is 0.920. The Kier molecular flexibility index (Phi) is 6.95. The van der Waals surface area contributed by atoms with Crippen LogP contribution in [-0.2, 0) is 9.59 Å². The Morgan fingerprint density at radius 2 is 1.87 bits per heavy atom. The van der Waals surface area contributed by atoms with Crippen LogP contribution in [0, 0.1) is 6.92 Å². The molecule has 30 heavy (non-hydrogen) atoms. The summed E-state index contributed by atoms with van der Waals surface area (Å²) in [5.74, 6) is -0.121. The number of thioether (sulfide) groups is 1. The van der Waals surface area contributed by atoms with Crippen LogP contribution >= 0.6 is 11.8 Å². The molecule has 1 heterocycles. The Hall–Kier alpha value is -3.06. The van der Waals surface area contributed by atoms with E-state index >= 15 is 0 Å². The lowest BCUT2D eigenvalue weighted by Crippen LogP contribution is -2.36. The Balaban J connectivity index is 1.69. The summed E-state index contributed by atoms with van der Waals surface area (Å²) in [6.45, 7) is 5.59. The molecule has 1 aliphatic rings. The van der Waals surface area contributed by atoms with Gasteiger partial charge in [-0.2, -0.15) is 0 Å².